The molecule has 0 bridgehead atoms. The maximum atomic E-state index is 5.28. The van der Waals surface area contributed by atoms with Crippen LogP contribution in [0.5, 0.6) is 0 Å². The van der Waals surface area contributed by atoms with Crippen molar-refractivity contribution in [3.63, 3.8) is 0 Å². The van der Waals surface area contributed by atoms with E-state index in [1.165, 1.54) is 26.6 Å². The Bertz CT molecular complexity index is 667. The Hall–Kier alpha value is -1.39. The molecule has 0 atom stereocenters. The van der Waals surface area contributed by atoms with E-state index in [0.29, 0.717) is 0 Å². The number of thiophene rings is 2. The van der Waals surface area contributed by atoms with Crippen LogP contribution in [0.3, 0.4) is 0 Å². The zero-order valence-electron chi connectivity index (χ0n) is 12.2. The van der Waals surface area contributed by atoms with Crippen LogP contribution in [0, 0.1) is 0 Å². The van der Waals surface area contributed by atoms with E-state index in [0.717, 1.165) is 37.9 Å². The van der Waals surface area contributed by atoms with Crippen LogP contribution in [0.1, 0.15) is 32.9 Å². The van der Waals surface area contributed by atoms with E-state index in [1.54, 1.807) is 6.20 Å². The fourth-order valence-corrected chi connectivity index (χ4v) is 4.20. The van der Waals surface area contributed by atoms with E-state index in [9.17, 15) is 0 Å². The van der Waals surface area contributed by atoms with Crippen LogP contribution in [-0.4, -0.2) is 4.98 Å². The van der Waals surface area contributed by atoms with Gasteiger partial charge in [-0.15, -0.1) is 22.7 Å². The topological polar surface area (TPSA) is 26.0 Å². The van der Waals surface area contributed by atoms with Gasteiger partial charge >= 0.3 is 0 Å². The third kappa shape index (κ3) is 4.05. The Morgan fingerprint density at radius 2 is 1.90 bits per heavy atom. The van der Waals surface area contributed by atoms with E-state index in [2.05, 4.69) is 35.5 Å². The molecule has 0 aromatic carbocycles. The minimum Gasteiger partial charge on any atom is -0.449 e. The van der Waals surface area contributed by atoms with E-state index in [-0.39, 0.29) is 0 Å². The standard InChI is InChI=1S/C17H19NOS2/c1-2-15-7-8-16(21-15)5-3-13-9-17(20-11-13)6-4-14-10-18-12-19-14/h7-12H,2-6H2,1H3. The largest absolute Gasteiger partial charge is 0.449 e. The van der Waals surface area contributed by atoms with Crippen molar-refractivity contribution < 1.29 is 4.42 Å². The van der Waals surface area contributed by atoms with Crippen molar-refractivity contribution in [3.05, 3.63) is 62.1 Å². The molecule has 0 radical (unpaired) electrons. The molecule has 3 aromatic heterocycles. The van der Waals surface area contributed by atoms with Crippen molar-refractivity contribution in [1.82, 2.24) is 4.98 Å². The minimum atomic E-state index is 0.935. The summed E-state index contributed by atoms with van der Waals surface area (Å²) in [5.74, 6) is 0.968. The summed E-state index contributed by atoms with van der Waals surface area (Å²) in [5, 5.41) is 2.30. The lowest BCUT2D eigenvalue weighted by Crippen LogP contribution is -1.88. The van der Waals surface area contributed by atoms with Crippen LogP contribution in [0.15, 0.2) is 40.6 Å². The van der Waals surface area contributed by atoms with Crippen molar-refractivity contribution >= 4 is 22.7 Å². The van der Waals surface area contributed by atoms with E-state index in [4.69, 9.17) is 4.42 Å². The molecule has 0 fully saturated rings. The first-order chi connectivity index (χ1) is 10.3. The molecule has 4 heteroatoms. The van der Waals surface area contributed by atoms with Crippen LogP contribution >= 0.6 is 22.7 Å². The van der Waals surface area contributed by atoms with Gasteiger partial charge in [0.15, 0.2) is 6.39 Å². The lowest BCUT2D eigenvalue weighted by Gasteiger charge is -1.96. The third-order valence-corrected chi connectivity index (χ3v) is 5.87. The van der Waals surface area contributed by atoms with E-state index in [1.807, 2.05) is 22.7 Å². The van der Waals surface area contributed by atoms with Gasteiger partial charge in [0.05, 0.1) is 6.20 Å². The summed E-state index contributed by atoms with van der Waals surface area (Å²) >= 11 is 3.81. The van der Waals surface area contributed by atoms with Gasteiger partial charge in [0, 0.05) is 21.1 Å². The molecule has 110 valence electrons. The van der Waals surface area contributed by atoms with Gasteiger partial charge in [0.1, 0.15) is 5.76 Å². The average Bonchev–Trinajstić information content (AvgIpc) is 3.24. The van der Waals surface area contributed by atoms with Gasteiger partial charge in [0.25, 0.3) is 0 Å². The second-order valence-corrected chi connectivity index (χ2v) is 7.36. The molecule has 3 aromatic rings. The number of aryl methyl sites for hydroxylation is 5. The molecular weight excluding hydrogens is 298 g/mol. The van der Waals surface area contributed by atoms with Crippen molar-refractivity contribution in [2.45, 2.75) is 39.0 Å². The summed E-state index contributed by atoms with van der Waals surface area (Å²) in [5.41, 5.74) is 1.46. The zero-order chi connectivity index (χ0) is 14.5. The van der Waals surface area contributed by atoms with E-state index >= 15 is 0 Å². The summed E-state index contributed by atoms with van der Waals surface area (Å²) < 4.78 is 5.28. The van der Waals surface area contributed by atoms with Crippen LogP contribution in [-0.2, 0) is 32.1 Å². The predicted molar refractivity (Wildman–Crippen MR) is 89.3 cm³/mol. The van der Waals surface area contributed by atoms with Crippen molar-refractivity contribution in [3.8, 4) is 0 Å². The van der Waals surface area contributed by atoms with Gasteiger partial charge in [-0.3, -0.25) is 0 Å². The highest BCUT2D eigenvalue weighted by atomic mass is 32.1. The Morgan fingerprint density at radius 3 is 2.67 bits per heavy atom. The van der Waals surface area contributed by atoms with Crippen LogP contribution < -0.4 is 0 Å². The average molecular weight is 317 g/mol. The first-order valence-electron chi connectivity index (χ1n) is 7.34. The molecule has 21 heavy (non-hydrogen) atoms. The van der Waals surface area contributed by atoms with Crippen molar-refractivity contribution in [2.75, 3.05) is 0 Å². The lowest BCUT2D eigenvalue weighted by atomic mass is 10.1. The molecule has 0 N–H and O–H groups in total. The molecular formula is C17H19NOS2. The number of rotatable bonds is 7. The molecule has 0 saturated carbocycles. The normalized spacial score (nSPS) is 11.1. The van der Waals surface area contributed by atoms with E-state index < -0.39 is 0 Å². The first kappa shape index (κ1) is 14.5. The van der Waals surface area contributed by atoms with Crippen LogP contribution in [0.4, 0.5) is 0 Å². The van der Waals surface area contributed by atoms with Crippen molar-refractivity contribution in [2.24, 2.45) is 0 Å². The Kier molecular flexibility index (Phi) is 4.88. The molecule has 0 amide bonds. The highest BCUT2D eigenvalue weighted by molar-refractivity contribution is 7.12. The molecule has 0 aliphatic heterocycles. The fourth-order valence-electron chi connectivity index (χ4n) is 2.31. The summed E-state index contributed by atoms with van der Waals surface area (Å²) in [6, 6.07) is 6.88. The second-order valence-electron chi connectivity index (χ2n) is 5.11. The number of hydrogen-bond donors (Lipinski definition) is 0. The summed E-state index contributed by atoms with van der Waals surface area (Å²) in [7, 11) is 0. The Labute approximate surface area is 133 Å². The minimum absolute atomic E-state index is 0.935. The SMILES string of the molecule is CCc1ccc(CCc2csc(CCc3cnco3)c2)s1. The van der Waals surface area contributed by atoms with Crippen molar-refractivity contribution in [1.29, 1.82) is 0 Å². The van der Waals surface area contributed by atoms with Gasteiger partial charge in [-0.2, -0.15) is 0 Å². The molecule has 3 heterocycles. The Morgan fingerprint density at radius 1 is 1.05 bits per heavy atom. The molecule has 0 aliphatic rings. The smallest absolute Gasteiger partial charge is 0.180 e. The van der Waals surface area contributed by atoms with Gasteiger partial charge in [-0.1, -0.05) is 6.92 Å². The number of aromatic nitrogens is 1. The zero-order valence-corrected chi connectivity index (χ0v) is 13.8. The van der Waals surface area contributed by atoms with Gasteiger partial charge in [-0.05, 0) is 54.8 Å². The van der Waals surface area contributed by atoms with Crippen LogP contribution in [0.2, 0.25) is 0 Å². The first-order valence-corrected chi connectivity index (χ1v) is 9.04. The molecule has 0 saturated heterocycles. The van der Waals surface area contributed by atoms with Crippen LogP contribution in [0.25, 0.3) is 0 Å². The second kappa shape index (κ2) is 7.05. The fraction of sp³-hybridized carbons (Fsp3) is 0.353. The molecule has 0 aliphatic carbocycles. The number of hydrogen-bond acceptors (Lipinski definition) is 4. The Balaban J connectivity index is 1.50. The molecule has 2 nitrogen and oxygen atoms in total. The third-order valence-electron chi connectivity index (χ3n) is 3.54. The highest BCUT2D eigenvalue weighted by Gasteiger charge is 2.04. The van der Waals surface area contributed by atoms with Gasteiger partial charge in [-0.25, -0.2) is 4.98 Å². The molecule has 3 rings (SSSR count). The lowest BCUT2D eigenvalue weighted by molar-refractivity contribution is 0.503. The maximum absolute atomic E-state index is 5.28. The maximum Gasteiger partial charge on any atom is 0.180 e. The highest BCUT2D eigenvalue weighted by Crippen LogP contribution is 2.22. The number of oxazole rings is 1. The van der Waals surface area contributed by atoms with Gasteiger partial charge < -0.3 is 4.42 Å². The summed E-state index contributed by atoms with van der Waals surface area (Å²) in [6.07, 6.45) is 8.72. The predicted octanol–water partition coefficient (Wildman–Crippen LogP) is 4.93. The number of nitrogens with zero attached hydrogens (tertiary/aromatic N) is 1. The summed E-state index contributed by atoms with van der Waals surface area (Å²) in [6.45, 7) is 2.22. The summed E-state index contributed by atoms with van der Waals surface area (Å²) in [4.78, 5) is 8.37. The molecule has 0 spiro atoms. The molecule has 0 unspecified atom stereocenters. The monoisotopic (exact) mass is 317 g/mol. The van der Waals surface area contributed by atoms with Gasteiger partial charge in [0.2, 0.25) is 0 Å². The quantitative estimate of drug-likeness (QED) is 0.617.